The molecule has 10 nitrogen and oxygen atoms in total. The summed E-state index contributed by atoms with van der Waals surface area (Å²) in [6.45, 7) is 4.37. The molecule has 0 saturated heterocycles. The fraction of sp³-hybridized carbons (Fsp3) is 0.316. The van der Waals surface area contributed by atoms with Crippen molar-refractivity contribution >= 4 is 38.9 Å². The van der Waals surface area contributed by atoms with Crippen molar-refractivity contribution < 1.29 is 27.6 Å². The minimum absolute atomic E-state index is 0.00444. The number of ether oxygens (including phenoxy) is 2. The average Bonchev–Trinajstić information content (AvgIpc) is 2.74. The van der Waals surface area contributed by atoms with Crippen LogP contribution in [0.5, 0.6) is 11.5 Å². The van der Waals surface area contributed by atoms with Crippen LogP contribution in [0.1, 0.15) is 24.2 Å². The van der Waals surface area contributed by atoms with Gasteiger partial charge in [0.05, 0.1) is 16.0 Å². The van der Waals surface area contributed by atoms with Crippen molar-refractivity contribution in [3.63, 3.8) is 0 Å². The quantitative estimate of drug-likeness (QED) is 0.486. The summed E-state index contributed by atoms with van der Waals surface area (Å²) >= 11 is 6.10. The fourth-order valence-electron chi connectivity index (χ4n) is 3.09. The topological polar surface area (TPSA) is 128 Å². The molecule has 2 aromatic carbocycles. The number of anilines is 1. The lowest BCUT2D eigenvalue weighted by Gasteiger charge is -2.20. The van der Waals surface area contributed by atoms with E-state index in [0.29, 0.717) is 0 Å². The summed E-state index contributed by atoms with van der Waals surface area (Å²) in [5.41, 5.74) is -0.603. The molecule has 3 rings (SSSR count). The van der Waals surface area contributed by atoms with Crippen molar-refractivity contribution in [3.8, 4) is 11.5 Å². The fourth-order valence-corrected chi connectivity index (χ4v) is 5.05. The molecule has 0 saturated carbocycles. The Kier molecular flexibility index (Phi) is 6.68. The second kappa shape index (κ2) is 9.08. The van der Waals surface area contributed by atoms with Crippen LogP contribution < -0.4 is 14.8 Å². The van der Waals surface area contributed by atoms with Gasteiger partial charge in [0.25, 0.3) is 11.6 Å². The van der Waals surface area contributed by atoms with Crippen LogP contribution in [0.25, 0.3) is 0 Å². The first-order chi connectivity index (χ1) is 14.7. The molecule has 0 spiro atoms. The van der Waals surface area contributed by atoms with Crippen molar-refractivity contribution in [2.45, 2.75) is 18.7 Å². The van der Waals surface area contributed by atoms with E-state index in [1.165, 1.54) is 28.6 Å². The molecule has 31 heavy (non-hydrogen) atoms. The predicted molar refractivity (Wildman–Crippen MR) is 114 cm³/mol. The van der Waals surface area contributed by atoms with Gasteiger partial charge in [0, 0.05) is 24.8 Å². The molecule has 0 atom stereocenters. The number of sulfonamides is 1. The second-order valence-corrected chi connectivity index (χ2v) is 8.77. The lowest BCUT2D eigenvalue weighted by Crippen LogP contribution is -2.30. The van der Waals surface area contributed by atoms with E-state index in [2.05, 4.69) is 5.32 Å². The summed E-state index contributed by atoms with van der Waals surface area (Å²) in [6.07, 6.45) is 0. The zero-order chi connectivity index (χ0) is 22.8. The van der Waals surface area contributed by atoms with Crippen molar-refractivity contribution in [2.75, 3.05) is 31.6 Å². The number of nitro benzene ring substituents is 1. The normalized spacial score (nSPS) is 13.2. The highest BCUT2D eigenvalue weighted by Crippen LogP contribution is 2.37. The summed E-state index contributed by atoms with van der Waals surface area (Å²) in [7, 11) is -3.88. The zero-order valence-electron chi connectivity index (χ0n) is 16.8. The van der Waals surface area contributed by atoms with Crippen LogP contribution in [0.4, 0.5) is 11.4 Å². The number of nitrogens with zero attached hydrogens (tertiary/aromatic N) is 2. The Balaban J connectivity index is 1.97. The molecule has 1 aliphatic heterocycles. The van der Waals surface area contributed by atoms with E-state index in [1.54, 1.807) is 13.8 Å². The highest BCUT2D eigenvalue weighted by molar-refractivity contribution is 7.89. The van der Waals surface area contributed by atoms with Gasteiger partial charge in [0.15, 0.2) is 11.5 Å². The van der Waals surface area contributed by atoms with Crippen molar-refractivity contribution in [1.82, 2.24) is 4.31 Å². The SMILES string of the molecule is CCN(CC)S(=O)(=O)c1cc(NC(=O)c2cc3c(cc2[N+](=O)[O-])OCCO3)ccc1Cl. The van der Waals surface area contributed by atoms with E-state index in [0.717, 1.165) is 6.07 Å². The number of fused-ring (bicyclic) bond motifs is 1. The first-order valence-corrected chi connectivity index (χ1v) is 11.2. The second-order valence-electron chi connectivity index (χ2n) is 6.46. The van der Waals surface area contributed by atoms with Crippen LogP contribution in [0.3, 0.4) is 0 Å². The number of hydrogen-bond acceptors (Lipinski definition) is 7. The third-order valence-electron chi connectivity index (χ3n) is 4.61. The van der Waals surface area contributed by atoms with Crippen LogP contribution in [-0.2, 0) is 10.0 Å². The van der Waals surface area contributed by atoms with E-state index in [-0.39, 0.29) is 59.0 Å². The molecule has 166 valence electrons. The molecule has 0 fully saturated rings. The van der Waals surface area contributed by atoms with E-state index < -0.39 is 26.5 Å². The molecule has 0 bridgehead atoms. The summed E-state index contributed by atoms with van der Waals surface area (Å²) in [4.78, 5) is 23.4. The molecule has 12 heteroatoms. The van der Waals surface area contributed by atoms with Gasteiger partial charge in [-0.15, -0.1) is 0 Å². The van der Waals surface area contributed by atoms with Crippen LogP contribution in [0, 0.1) is 10.1 Å². The number of benzene rings is 2. The van der Waals surface area contributed by atoms with Crippen LogP contribution >= 0.6 is 11.6 Å². The van der Waals surface area contributed by atoms with Crippen LogP contribution in [-0.4, -0.2) is 49.9 Å². The maximum atomic E-state index is 12.8. The largest absolute Gasteiger partial charge is 0.486 e. The Labute approximate surface area is 183 Å². The van der Waals surface area contributed by atoms with Gasteiger partial charge in [0.1, 0.15) is 23.7 Å². The van der Waals surface area contributed by atoms with Crippen molar-refractivity contribution in [2.24, 2.45) is 0 Å². The monoisotopic (exact) mass is 469 g/mol. The Morgan fingerprint density at radius 2 is 1.77 bits per heavy atom. The summed E-state index contributed by atoms with van der Waals surface area (Å²) in [5, 5.41) is 14.0. The van der Waals surface area contributed by atoms with Gasteiger partial charge in [-0.05, 0) is 18.2 Å². The zero-order valence-corrected chi connectivity index (χ0v) is 18.3. The molecule has 0 aliphatic carbocycles. The summed E-state index contributed by atoms with van der Waals surface area (Å²) in [6, 6.07) is 6.32. The maximum Gasteiger partial charge on any atom is 0.286 e. The van der Waals surface area contributed by atoms with Gasteiger partial charge >= 0.3 is 0 Å². The number of halogens is 1. The minimum atomic E-state index is -3.88. The Morgan fingerprint density at radius 1 is 1.16 bits per heavy atom. The van der Waals surface area contributed by atoms with E-state index >= 15 is 0 Å². The predicted octanol–water partition coefficient (Wildman–Crippen LogP) is 3.30. The third kappa shape index (κ3) is 4.58. The summed E-state index contributed by atoms with van der Waals surface area (Å²) in [5.74, 6) is -0.423. The molecule has 1 aliphatic rings. The van der Waals surface area contributed by atoms with Gasteiger partial charge in [-0.3, -0.25) is 14.9 Å². The number of nitrogens with one attached hydrogen (secondary N) is 1. The number of carbonyl (C=O) groups excluding carboxylic acids is 1. The highest BCUT2D eigenvalue weighted by atomic mass is 35.5. The van der Waals surface area contributed by atoms with Gasteiger partial charge < -0.3 is 14.8 Å². The highest BCUT2D eigenvalue weighted by Gasteiger charge is 2.28. The Bertz CT molecular complexity index is 1130. The number of carbonyl (C=O) groups is 1. The Hall–Kier alpha value is -2.89. The van der Waals surface area contributed by atoms with Gasteiger partial charge in [-0.1, -0.05) is 25.4 Å². The van der Waals surface area contributed by atoms with Crippen molar-refractivity contribution in [3.05, 3.63) is 51.0 Å². The van der Waals surface area contributed by atoms with E-state index in [1.807, 2.05) is 0 Å². The number of hydrogen-bond donors (Lipinski definition) is 1. The van der Waals surface area contributed by atoms with Crippen LogP contribution in [0.15, 0.2) is 35.2 Å². The van der Waals surface area contributed by atoms with Gasteiger partial charge in [0.2, 0.25) is 10.0 Å². The third-order valence-corrected chi connectivity index (χ3v) is 7.15. The molecular formula is C19H20ClN3O7S. The lowest BCUT2D eigenvalue weighted by molar-refractivity contribution is -0.385. The molecule has 0 unspecified atom stereocenters. The van der Waals surface area contributed by atoms with Crippen molar-refractivity contribution in [1.29, 1.82) is 0 Å². The molecule has 1 heterocycles. The van der Waals surface area contributed by atoms with Gasteiger partial charge in [-0.25, -0.2) is 8.42 Å². The lowest BCUT2D eigenvalue weighted by atomic mass is 10.1. The Morgan fingerprint density at radius 3 is 2.35 bits per heavy atom. The molecular weight excluding hydrogens is 450 g/mol. The first-order valence-electron chi connectivity index (χ1n) is 9.38. The maximum absolute atomic E-state index is 12.8. The van der Waals surface area contributed by atoms with Crippen LogP contribution in [0.2, 0.25) is 5.02 Å². The average molecular weight is 470 g/mol. The molecule has 1 N–H and O–H groups in total. The number of nitro groups is 1. The van der Waals surface area contributed by atoms with E-state index in [4.69, 9.17) is 21.1 Å². The van der Waals surface area contributed by atoms with Gasteiger partial charge in [-0.2, -0.15) is 4.31 Å². The molecule has 2 aromatic rings. The number of amides is 1. The minimum Gasteiger partial charge on any atom is -0.486 e. The number of rotatable bonds is 7. The molecule has 0 radical (unpaired) electrons. The molecule has 1 amide bonds. The van der Waals surface area contributed by atoms with E-state index in [9.17, 15) is 23.3 Å². The standard InChI is InChI=1S/C19H20ClN3O7S/c1-3-22(4-2)31(27,28)18-9-12(5-6-14(18)20)21-19(24)13-10-16-17(30-8-7-29-16)11-15(13)23(25)26/h5-6,9-11H,3-4,7-8H2,1-2H3,(H,21,24). The molecule has 0 aromatic heterocycles. The smallest absolute Gasteiger partial charge is 0.286 e. The summed E-state index contributed by atoms with van der Waals surface area (Å²) < 4.78 is 37.6. The first kappa shape index (κ1) is 22.8.